The molecule has 0 radical (unpaired) electrons. The van der Waals surface area contributed by atoms with Crippen LogP contribution in [0.5, 0.6) is 5.75 Å². The SMILES string of the molecule is C[C@@H](Oc1ccccc1F)C(=O)NNC(=O)c1ccc(-c2ccc(F)cc2)o1. The third kappa shape index (κ3) is 4.53. The lowest BCUT2D eigenvalue weighted by molar-refractivity contribution is -0.128. The topological polar surface area (TPSA) is 80.6 Å². The molecule has 2 aromatic carbocycles. The molecule has 2 amide bonds. The predicted octanol–water partition coefficient (Wildman–Crippen LogP) is 3.45. The van der Waals surface area contributed by atoms with Gasteiger partial charge in [-0.25, -0.2) is 8.78 Å². The largest absolute Gasteiger partial charge is 0.478 e. The standard InChI is InChI=1S/C20H16F2N2O4/c1-12(27-17-5-3-2-4-15(17)22)19(25)23-24-20(26)18-11-10-16(28-18)13-6-8-14(21)9-7-13/h2-12H,1H3,(H,23,25)(H,24,26)/t12-/m1/s1. The van der Waals surface area contributed by atoms with Crippen molar-refractivity contribution < 1.29 is 27.5 Å². The van der Waals surface area contributed by atoms with Crippen molar-refractivity contribution in [1.82, 2.24) is 10.9 Å². The second-order valence-corrected chi connectivity index (χ2v) is 5.80. The number of halogens is 2. The number of nitrogens with one attached hydrogen (secondary N) is 2. The van der Waals surface area contributed by atoms with Gasteiger partial charge in [0.05, 0.1) is 0 Å². The number of hydrogen-bond acceptors (Lipinski definition) is 4. The van der Waals surface area contributed by atoms with E-state index in [4.69, 9.17) is 9.15 Å². The molecule has 0 unspecified atom stereocenters. The van der Waals surface area contributed by atoms with Crippen LogP contribution in [0.25, 0.3) is 11.3 Å². The van der Waals surface area contributed by atoms with Crippen molar-refractivity contribution in [2.45, 2.75) is 13.0 Å². The first-order chi connectivity index (χ1) is 13.4. The molecule has 0 saturated heterocycles. The Hall–Kier alpha value is -3.68. The molecule has 0 fully saturated rings. The van der Waals surface area contributed by atoms with Gasteiger partial charge in [-0.15, -0.1) is 0 Å². The maximum atomic E-state index is 13.6. The van der Waals surface area contributed by atoms with Crippen molar-refractivity contribution in [2.75, 3.05) is 0 Å². The van der Waals surface area contributed by atoms with Crippen molar-refractivity contribution in [1.29, 1.82) is 0 Å². The van der Waals surface area contributed by atoms with Crippen LogP contribution in [0.3, 0.4) is 0 Å². The van der Waals surface area contributed by atoms with Gasteiger partial charge in [-0.1, -0.05) is 12.1 Å². The molecule has 1 aromatic heterocycles. The number of benzene rings is 2. The molecule has 0 aliphatic carbocycles. The molecule has 0 saturated carbocycles. The van der Waals surface area contributed by atoms with E-state index < -0.39 is 23.7 Å². The maximum Gasteiger partial charge on any atom is 0.305 e. The number of para-hydroxylation sites is 1. The summed E-state index contributed by atoms with van der Waals surface area (Å²) in [4.78, 5) is 24.1. The highest BCUT2D eigenvalue weighted by atomic mass is 19.1. The lowest BCUT2D eigenvalue weighted by atomic mass is 10.2. The van der Waals surface area contributed by atoms with Crippen molar-refractivity contribution in [3.63, 3.8) is 0 Å². The molecule has 2 N–H and O–H groups in total. The predicted molar refractivity (Wildman–Crippen MR) is 96.2 cm³/mol. The third-order valence-corrected chi connectivity index (χ3v) is 3.77. The van der Waals surface area contributed by atoms with Crippen LogP contribution < -0.4 is 15.6 Å². The summed E-state index contributed by atoms with van der Waals surface area (Å²) in [5.74, 6) is -2.12. The highest BCUT2D eigenvalue weighted by Gasteiger charge is 2.18. The lowest BCUT2D eigenvalue weighted by Crippen LogP contribution is -2.47. The Morgan fingerprint density at radius 3 is 2.39 bits per heavy atom. The van der Waals surface area contributed by atoms with E-state index in [-0.39, 0.29) is 17.3 Å². The molecule has 0 spiro atoms. The van der Waals surface area contributed by atoms with Gasteiger partial charge in [0.25, 0.3) is 5.91 Å². The lowest BCUT2D eigenvalue weighted by Gasteiger charge is -2.15. The zero-order chi connectivity index (χ0) is 20.1. The quantitative estimate of drug-likeness (QED) is 0.658. The zero-order valence-corrected chi connectivity index (χ0v) is 14.7. The molecule has 0 aliphatic heterocycles. The first kappa shape index (κ1) is 19.1. The van der Waals surface area contributed by atoms with Crippen LogP contribution in [-0.4, -0.2) is 17.9 Å². The second-order valence-electron chi connectivity index (χ2n) is 5.80. The van der Waals surface area contributed by atoms with Crippen LogP contribution in [0.1, 0.15) is 17.5 Å². The highest BCUT2D eigenvalue weighted by molar-refractivity contribution is 5.94. The Morgan fingerprint density at radius 2 is 1.68 bits per heavy atom. The van der Waals surface area contributed by atoms with E-state index in [1.165, 1.54) is 55.5 Å². The van der Waals surface area contributed by atoms with Gasteiger partial charge in [-0.3, -0.25) is 20.4 Å². The first-order valence-corrected chi connectivity index (χ1v) is 8.31. The third-order valence-electron chi connectivity index (χ3n) is 3.77. The molecule has 6 nitrogen and oxygen atoms in total. The van der Waals surface area contributed by atoms with E-state index in [0.717, 1.165) is 0 Å². The Balaban J connectivity index is 1.55. The van der Waals surface area contributed by atoms with Gasteiger partial charge in [-0.05, 0) is 55.5 Å². The molecule has 3 rings (SSSR count). The van der Waals surface area contributed by atoms with Crippen molar-refractivity contribution in [2.24, 2.45) is 0 Å². The van der Waals surface area contributed by atoms with Crippen molar-refractivity contribution in [3.05, 3.63) is 78.1 Å². The fourth-order valence-electron chi connectivity index (χ4n) is 2.30. The van der Waals surface area contributed by atoms with E-state index >= 15 is 0 Å². The summed E-state index contributed by atoms with van der Waals surface area (Å²) in [6.07, 6.45) is -1.05. The van der Waals surface area contributed by atoms with E-state index in [9.17, 15) is 18.4 Å². The van der Waals surface area contributed by atoms with Crippen LogP contribution in [-0.2, 0) is 4.79 Å². The van der Waals surface area contributed by atoms with Gasteiger partial charge in [0.2, 0.25) is 0 Å². The summed E-state index contributed by atoms with van der Waals surface area (Å²) in [5.41, 5.74) is 4.96. The highest BCUT2D eigenvalue weighted by Crippen LogP contribution is 2.22. The van der Waals surface area contributed by atoms with Crippen LogP contribution >= 0.6 is 0 Å². The summed E-state index contributed by atoms with van der Waals surface area (Å²) in [7, 11) is 0. The van der Waals surface area contributed by atoms with Gasteiger partial charge in [0.1, 0.15) is 11.6 Å². The minimum absolute atomic E-state index is 0.0534. The number of hydrazine groups is 1. The number of hydrogen-bond donors (Lipinski definition) is 2. The fraction of sp³-hybridized carbons (Fsp3) is 0.100. The van der Waals surface area contributed by atoms with Crippen LogP contribution in [0.4, 0.5) is 8.78 Å². The molecule has 0 aliphatic rings. The Kier molecular flexibility index (Phi) is 5.69. The average molecular weight is 386 g/mol. The summed E-state index contributed by atoms with van der Waals surface area (Å²) >= 11 is 0. The van der Waals surface area contributed by atoms with E-state index in [1.54, 1.807) is 12.1 Å². The smallest absolute Gasteiger partial charge is 0.305 e. The number of carbonyl (C=O) groups is 2. The minimum Gasteiger partial charge on any atom is -0.478 e. The monoisotopic (exact) mass is 386 g/mol. The zero-order valence-electron chi connectivity index (χ0n) is 14.7. The summed E-state index contributed by atoms with van der Waals surface area (Å²) < 4.78 is 37.2. The van der Waals surface area contributed by atoms with Crippen molar-refractivity contribution in [3.8, 4) is 17.1 Å². The van der Waals surface area contributed by atoms with E-state index in [2.05, 4.69) is 10.9 Å². The molecular formula is C20H16F2N2O4. The van der Waals surface area contributed by atoms with Gasteiger partial charge in [-0.2, -0.15) is 0 Å². The average Bonchev–Trinajstić information content (AvgIpc) is 3.18. The normalized spacial score (nSPS) is 11.5. The summed E-state index contributed by atoms with van der Waals surface area (Å²) in [6, 6.07) is 14.2. The molecule has 3 aromatic rings. The number of rotatable bonds is 5. The van der Waals surface area contributed by atoms with Gasteiger partial charge in [0.15, 0.2) is 23.4 Å². The molecule has 1 heterocycles. The molecule has 28 heavy (non-hydrogen) atoms. The molecule has 8 heteroatoms. The molecular weight excluding hydrogens is 370 g/mol. The molecule has 0 bridgehead atoms. The molecule has 1 atom stereocenters. The molecule has 144 valence electrons. The minimum atomic E-state index is -1.05. The van der Waals surface area contributed by atoms with Crippen LogP contribution in [0.15, 0.2) is 65.1 Å². The number of ether oxygens (including phenoxy) is 1. The van der Waals surface area contributed by atoms with E-state index in [1.807, 2.05) is 0 Å². The second kappa shape index (κ2) is 8.34. The summed E-state index contributed by atoms with van der Waals surface area (Å²) in [5, 5.41) is 0. The van der Waals surface area contributed by atoms with Gasteiger partial charge < -0.3 is 9.15 Å². The maximum absolute atomic E-state index is 13.6. The number of furan rings is 1. The van der Waals surface area contributed by atoms with Gasteiger partial charge in [0, 0.05) is 5.56 Å². The van der Waals surface area contributed by atoms with Crippen LogP contribution in [0, 0.1) is 11.6 Å². The Morgan fingerprint density at radius 1 is 0.964 bits per heavy atom. The summed E-state index contributed by atoms with van der Waals surface area (Å²) in [6.45, 7) is 1.41. The fourth-order valence-corrected chi connectivity index (χ4v) is 2.30. The van der Waals surface area contributed by atoms with Crippen LogP contribution in [0.2, 0.25) is 0 Å². The van der Waals surface area contributed by atoms with E-state index in [0.29, 0.717) is 11.3 Å². The first-order valence-electron chi connectivity index (χ1n) is 8.31. The Bertz CT molecular complexity index is 986. The van der Waals surface area contributed by atoms with Crippen molar-refractivity contribution >= 4 is 11.8 Å². The Labute approximate surface area is 159 Å². The number of amides is 2. The van der Waals surface area contributed by atoms with Gasteiger partial charge >= 0.3 is 5.91 Å². The number of carbonyl (C=O) groups excluding carboxylic acids is 2.